The summed E-state index contributed by atoms with van der Waals surface area (Å²) in [6, 6.07) is 9.42. The molecule has 0 radical (unpaired) electrons. The predicted molar refractivity (Wildman–Crippen MR) is 79.4 cm³/mol. The van der Waals surface area contributed by atoms with Crippen molar-refractivity contribution in [3.05, 3.63) is 57.8 Å². The van der Waals surface area contributed by atoms with Crippen molar-refractivity contribution in [1.82, 2.24) is 5.32 Å². The number of thiophene rings is 1. The summed E-state index contributed by atoms with van der Waals surface area (Å²) in [6.07, 6.45) is 0. The van der Waals surface area contributed by atoms with Gasteiger partial charge in [-0.1, -0.05) is 18.2 Å². The normalized spacial score (nSPS) is 10.0. The van der Waals surface area contributed by atoms with E-state index in [1.54, 1.807) is 29.6 Å². The molecular weight excluding hydrogens is 306 g/mol. The number of rotatable bonds is 5. The molecule has 1 heterocycles. The van der Waals surface area contributed by atoms with E-state index in [9.17, 15) is 14.4 Å². The number of carbonyl (C=O) groups is 3. The third-order valence-corrected chi connectivity index (χ3v) is 3.57. The van der Waals surface area contributed by atoms with E-state index in [2.05, 4.69) is 5.32 Å². The standard InChI is InChI=1S/C15H13NO5S/c17-8-10-3-5-11(6-4-10)15(20)21-9-13(18)16-14(19)12-2-1-7-22-12/h1-7,17H,8-9H2,(H,16,18,19). The quantitative estimate of drug-likeness (QED) is 0.812. The Balaban J connectivity index is 1.82. The molecule has 0 aliphatic heterocycles. The van der Waals surface area contributed by atoms with Crippen LogP contribution in [-0.2, 0) is 16.1 Å². The molecule has 2 amide bonds. The van der Waals surface area contributed by atoms with Crippen LogP contribution >= 0.6 is 11.3 Å². The summed E-state index contributed by atoms with van der Waals surface area (Å²) in [7, 11) is 0. The maximum absolute atomic E-state index is 11.7. The van der Waals surface area contributed by atoms with E-state index in [0.717, 1.165) is 0 Å². The van der Waals surface area contributed by atoms with E-state index in [1.165, 1.54) is 23.5 Å². The first-order valence-corrected chi connectivity index (χ1v) is 7.22. The zero-order chi connectivity index (χ0) is 15.9. The van der Waals surface area contributed by atoms with Gasteiger partial charge in [-0.25, -0.2) is 4.79 Å². The lowest BCUT2D eigenvalue weighted by molar-refractivity contribution is -0.123. The van der Waals surface area contributed by atoms with Gasteiger partial charge in [0.1, 0.15) is 0 Å². The van der Waals surface area contributed by atoms with E-state index in [4.69, 9.17) is 9.84 Å². The molecule has 114 valence electrons. The fourth-order valence-electron chi connectivity index (χ4n) is 1.59. The van der Waals surface area contributed by atoms with Crippen molar-refractivity contribution in [2.75, 3.05) is 6.61 Å². The molecule has 0 bridgehead atoms. The number of aliphatic hydroxyl groups is 1. The average Bonchev–Trinajstić information content (AvgIpc) is 3.07. The molecule has 2 aromatic rings. The fraction of sp³-hybridized carbons (Fsp3) is 0.133. The van der Waals surface area contributed by atoms with Crippen molar-refractivity contribution >= 4 is 29.1 Å². The molecule has 0 spiro atoms. The van der Waals surface area contributed by atoms with Crippen LogP contribution in [0, 0.1) is 0 Å². The first kappa shape index (κ1) is 15.9. The third kappa shape index (κ3) is 4.24. The van der Waals surface area contributed by atoms with Crippen LogP contribution in [0.1, 0.15) is 25.6 Å². The minimum absolute atomic E-state index is 0.122. The van der Waals surface area contributed by atoms with Gasteiger partial charge in [0.25, 0.3) is 11.8 Å². The molecule has 1 aromatic heterocycles. The molecule has 0 saturated heterocycles. The Morgan fingerprint density at radius 2 is 1.86 bits per heavy atom. The summed E-state index contributed by atoms with van der Waals surface area (Å²) in [4.78, 5) is 35.3. The van der Waals surface area contributed by atoms with Crippen LogP contribution in [0.15, 0.2) is 41.8 Å². The van der Waals surface area contributed by atoms with Crippen molar-refractivity contribution in [3.63, 3.8) is 0 Å². The number of imide groups is 1. The van der Waals surface area contributed by atoms with Crippen LogP contribution in [0.25, 0.3) is 0 Å². The highest BCUT2D eigenvalue weighted by Crippen LogP contribution is 2.08. The molecule has 7 heteroatoms. The van der Waals surface area contributed by atoms with Crippen LogP contribution in [-0.4, -0.2) is 29.5 Å². The molecule has 0 fully saturated rings. The second-order valence-electron chi connectivity index (χ2n) is 4.29. The Bertz CT molecular complexity index is 664. The van der Waals surface area contributed by atoms with E-state index in [-0.39, 0.29) is 12.2 Å². The van der Waals surface area contributed by atoms with E-state index < -0.39 is 24.4 Å². The van der Waals surface area contributed by atoms with E-state index in [1.807, 2.05) is 0 Å². The second kappa shape index (κ2) is 7.48. The van der Waals surface area contributed by atoms with Gasteiger partial charge in [0.05, 0.1) is 17.0 Å². The van der Waals surface area contributed by atoms with Gasteiger partial charge >= 0.3 is 5.97 Å². The van der Waals surface area contributed by atoms with Crippen molar-refractivity contribution < 1.29 is 24.2 Å². The fourth-order valence-corrected chi connectivity index (χ4v) is 2.21. The van der Waals surface area contributed by atoms with Crippen LogP contribution in [0.3, 0.4) is 0 Å². The number of carbonyl (C=O) groups excluding carboxylic acids is 3. The van der Waals surface area contributed by atoms with Gasteiger partial charge in [0, 0.05) is 0 Å². The number of aliphatic hydroxyl groups excluding tert-OH is 1. The first-order chi connectivity index (χ1) is 10.6. The summed E-state index contributed by atoms with van der Waals surface area (Å²) < 4.78 is 4.82. The minimum Gasteiger partial charge on any atom is -0.452 e. The zero-order valence-corrected chi connectivity index (χ0v) is 12.3. The second-order valence-corrected chi connectivity index (χ2v) is 5.23. The highest BCUT2D eigenvalue weighted by atomic mass is 32.1. The summed E-state index contributed by atoms with van der Waals surface area (Å²) in [5, 5.41) is 12.8. The number of amides is 2. The van der Waals surface area contributed by atoms with Gasteiger partial charge in [-0.05, 0) is 29.1 Å². The van der Waals surface area contributed by atoms with Gasteiger partial charge in [-0.3, -0.25) is 14.9 Å². The van der Waals surface area contributed by atoms with Gasteiger partial charge in [-0.2, -0.15) is 0 Å². The highest BCUT2D eigenvalue weighted by molar-refractivity contribution is 7.12. The van der Waals surface area contributed by atoms with Crippen LogP contribution < -0.4 is 5.32 Å². The summed E-state index contributed by atoms with van der Waals surface area (Å²) in [5.74, 6) is -1.90. The molecule has 1 aromatic carbocycles. The number of esters is 1. The van der Waals surface area contributed by atoms with Gasteiger partial charge in [0.15, 0.2) is 6.61 Å². The Morgan fingerprint density at radius 1 is 1.14 bits per heavy atom. The predicted octanol–water partition coefficient (Wildman–Crippen LogP) is 1.35. The number of benzene rings is 1. The number of hydrogen-bond donors (Lipinski definition) is 2. The van der Waals surface area contributed by atoms with E-state index in [0.29, 0.717) is 10.4 Å². The highest BCUT2D eigenvalue weighted by Gasteiger charge is 2.14. The summed E-state index contributed by atoms with van der Waals surface area (Å²) in [5.41, 5.74) is 0.922. The average molecular weight is 319 g/mol. The molecule has 0 aliphatic carbocycles. The molecular formula is C15H13NO5S. The molecule has 0 atom stereocenters. The van der Waals surface area contributed by atoms with Gasteiger partial charge in [-0.15, -0.1) is 11.3 Å². The summed E-state index contributed by atoms with van der Waals surface area (Å²) in [6.45, 7) is -0.666. The molecule has 22 heavy (non-hydrogen) atoms. The van der Waals surface area contributed by atoms with Gasteiger partial charge in [0.2, 0.25) is 0 Å². The topological polar surface area (TPSA) is 92.7 Å². The number of nitrogens with one attached hydrogen (secondary N) is 1. The molecule has 0 saturated carbocycles. The zero-order valence-electron chi connectivity index (χ0n) is 11.4. The summed E-state index contributed by atoms with van der Waals surface area (Å²) >= 11 is 1.21. The van der Waals surface area contributed by atoms with E-state index >= 15 is 0 Å². The van der Waals surface area contributed by atoms with Crippen LogP contribution in [0.5, 0.6) is 0 Å². The minimum atomic E-state index is -0.696. The Labute approximate surface area is 130 Å². The number of ether oxygens (including phenoxy) is 1. The maximum Gasteiger partial charge on any atom is 0.338 e. The van der Waals surface area contributed by atoms with Crippen LogP contribution in [0.4, 0.5) is 0 Å². The first-order valence-electron chi connectivity index (χ1n) is 6.35. The Hall–Kier alpha value is -2.51. The van der Waals surface area contributed by atoms with Crippen molar-refractivity contribution in [3.8, 4) is 0 Å². The Kier molecular flexibility index (Phi) is 5.40. The lowest BCUT2D eigenvalue weighted by atomic mass is 10.1. The molecule has 0 unspecified atom stereocenters. The smallest absolute Gasteiger partial charge is 0.338 e. The van der Waals surface area contributed by atoms with Gasteiger partial charge < -0.3 is 9.84 Å². The van der Waals surface area contributed by atoms with Crippen LogP contribution in [0.2, 0.25) is 0 Å². The third-order valence-electron chi connectivity index (χ3n) is 2.70. The maximum atomic E-state index is 11.7. The molecule has 0 aliphatic rings. The number of hydrogen-bond acceptors (Lipinski definition) is 6. The lowest BCUT2D eigenvalue weighted by Gasteiger charge is -2.05. The SMILES string of the molecule is O=C(COC(=O)c1ccc(CO)cc1)NC(=O)c1cccs1. The van der Waals surface area contributed by atoms with Crippen molar-refractivity contribution in [2.45, 2.75) is 6.61 Å². The van der Waals surface area contributed by atoms with Crippen molar-refractivity contribution in [2.24, 2.45) is 0 Å². The lowest BCUT2D eigenvalue weighted by Crippen LogP contribution is -2.33. The monoisotopic (exact) mass is 319 g/mol. The molecule has 2 N–H and O–H groups in total. The largest absolute Gasteiger partial charge is 0.452 e. The Morgan fingerprint density at radius 3 is 2.45 bits per heavy atom. The molecule has 6 nitrogen and oxygen atoms in total. The molecule has 2 rings (SSSR count). The van der Waals surface area contributed by atoms with Crippen molar-refractivity contribution in [1.29, 1.82) is 0 Å².